The Morgan fingerprint density at radius 1 is 1.40 bits per heavy atom. The minimum Gasteiger partial charge on any atom is -0.287 e. The maximum Gasteiger partial charge on any atom is 0.266 e. The minimum atomic E-state index is -0.352. The quantitative estimate of drug-likeness (QED) is 0.661. The Balaban J connectivity index is 3.01. The van der Waals surface area contributed by atoms with Crippen LogP contribution in [0, 0.1) is 0 Å². The molecule has 1 aliphatic rings. The van der Waals surface area contributed by atoms with Crippen molar-refractivity contribution in [2.75, 3.05) is 6.26 Å². The first kappa shape index (κ1) is 7.81. The number of hydrogen-bond acceptors (Lipinski definition) is 3. The van der Waals surface area contributed by atoms with Gasteiger partial charge in [0.15, 0.2) is 0 Å². The minimum absolute atomic E-state index is 0.315. The summed E-state index contributed by atoms with van der Waals surface area (Å²) in [5.41, 5.74) is 0. The van der Waals surface area contributed by atoms with Crippen LogP contribution in [-0.4, -0.2) is 18.1 Å². The average Bonchev–Trinajstić information content (AvgIpc) is 2.09. The molecule has 1 aliphatic heterocycles. The lowest BCUT2D eigenvalue weighted by atomic mass is 10.5. The van der Waals surface area contributed by atoms with Gasteiger partial charge < -0.3 is 0 Å². The summed E-state index contributed by atoms with van der Waals surface area (Å²) in [6.45, 7) is 0. The van der Waals surface area contributed by atoms with Crippen LogP contribution in [0.15, 0.2) is 9.39 Å². The van der Waals surface area contributed by atoms with E-state index in [1.807, 2.05) is 0 Å². The highest BCUT2D eigenvalue weighted by molar-refractivity contribution is 9.12. The summed E-state index contributed by atoms with van der Waals surface area (Å²) in [7, 11) is 0. The van der Waals surface area contributed by atoms with Crippen molar-refractivity contribution in [1.82, 2.24) is 5.32 Å². The number of amides is 2. The van der Waals surface area contributed by atoms with Crippen molar-refractivity contribution in [3.63, 3.8) is 0 Å². The van der Waals surface area contributed by atoms with Gasteiger partial charge in [-0.15, -0.1) is 11.8 Å². The molecule has 0 aromatic carbocycles. The zero-order valence-corrected chi connectivity index (χ0v) is 7.51. The van der Waals surface area contributed by atoms with Gasteiger partial charge in [-0.05, 0) is 22.2 Å². The van der Waals surface area contributed by atoms with Crippen LogP contribution < -0.4 is 5.32 Å². The van der Waals surface area contributed by atoms with E-state index in [0.717, 1.165) is 0 Å². The van der Waals surface area contributed by atoms with Gasteiger partial charge in [-0.1, -0.05) is 0 Å². The van der Waals surface area contributed by atoms with Gasteiger partial charge in [-0.2, -0.15) is 0 Å². The molecule has 1 heterocycles. The van der Waals surface area contributed by atoms with Crippen LogP contribution in [0.3, 0.4) is 0 Å². The van der Waals surface area contributed by atoms with E-state index < -0.39 is 0 Å². The largest absolute Gasteiger partial charge is 0.287 e. The summed E-state index contributed by atoms with van der Waals surface area (Å²) in [5, 5.41) is 2.15. The second-order valence-corrected chi connectivity index (χ2v) is 3.24. The number of nitrogens with one attached hydrogen (secondary N) is 1. The molecule has 3 nitrogen and oxygen atoms in total. The molecule has 2 amide bonds. The van der Waals surface area contributed by atoms with E-state index in [-0.39, 0.29) is 11.8 Å². The lowest BCUT2D eigenvalue weighted by molar-refractivity contribution is -0.123. The molecule has 0 saturated carbocycles. The molecule has 0 bridgehead atoms. The summed E-state index contributed by atoms with van der Waals surface area (Å²) in [5.74, 6) is -0.668. The summed E-state index contributed by atoms with van der Waals surface area (Å²) in [4.78, 5) is 21.9. The first-order valence-electron chi connectivity index (χ1n) is 2.46. The Bertz CT molecular complexity index is 236. The van der Waals surface area contributed by atoms with Gasteiger partial charge >= 0.3 is 0 Å². The van der Waals surface area contributed by atoms with Gasteiger partial charge in [0, 0.05) is 0 Å². The normalized spacial score (nSPS) is 18.2. The van der Waals surface area contributed by atoms with E-state index >= 15 is 0 Å². The van der Waals surface area contributed by atoms with Crippen LogP contribution in [-0.2, 0) is 9.59 Å². The molecule has 0 radical (unpaired) electrons. The van der Waals surface area contributed by atoms with Crippen molar-refractivity contribution in [2.24, 2.45) is 0 Å². The highest BCUT2D eigenvalue weighted by Gasteiger charge is 2.27. The van der Waals surface area contributed by atoms with E-state index in [4.69, 9.17) is 0 Å². The third kappa shape index (κ3) is 1.11. The molecule has 0 fully saturated rings. The third-order valence-electron chi connectivity index (χ3n) is 1.04. The number of hydrogen-bond donors (Lipinski definition) is 1. The molecule has 0 spiro atoms. The summed E-state index contributed by atoms with van der Waals surface area (Å²) < 4.78 is 0.338. The summed E-state index contributed by atoms with van der Waals surface area (Å²) in [6, 6.07) is 0. The zero-order chi connectivity index (χ0) is 7.72. The number of carbonyl (C=O) groups excluding carboxylic acids is 2. The van der Waals surface area contributed by atoms with Crippen molar-refractivity contribution in [3.05, 3.63) is 9.39 Å². The van der Waals surface area contributed by atoms with E-state index in [0.29, 0.717) is 9.39 Å². The molecule has 0 aromatic rings. The standard InChI is InChI=1S/C5H4BrNO2S/c1-10-3-2(6)4(8)7-5(3)9/h1H3,(H,7,8,9). The monoisotopic (exact) mass is 221 g/mol. The molecule has 5 heteroatoms. The molecule has 10 heavy (non-hydrogen) atoms. The fraction of sp³-hybridized carbons (Fsp3) is 0.200. The average molecular weight is 222 g/mol. The van der Waals surface area contributed by atoms with Gasteiger partial charge in [0.05, 0.1) is 4.91 Å². The third-order valence-corrected chi connectivity index (χ3v) is 2.85. The van der Waals surface area contributed by atoms with Gasteiger partial charge in [0.1, 0.15) is 4.48 Å². The fourth-order valence-corrected chi connectivity index (χ4v) is 1.87. The molecule has 1 N–H and O–H groups in total. The smallest absolute Gasteiger partial charge is 0.266 e. The molecule has 0 atom stereocenters. The number of carbonyl (C=O) groups is 2. The number of halogens is 1. The lowest BCUT2D eigenvalue weighted by Gasteiger charge is -1.89. The highest BCUT2D eigenvalue weighted by atomic mass is 79.9. The van der Waals surface area contributed by atoms with Crippen molar-refractivity contribution in [3.8, 4) is 0 Å². The predicted molar refractivity (Wildman–Crippen MR) is 42.6 cm³/mol. The van der Waals surface area contributed by atoms with E-state index in [2.05, 4.69) is 21.2 Å². The maximum atomic E-state index is 10.8. The molecular formula is C5H4BrNO2S. The van der Waals surface area contributed by atoms with Crippen molar-refractivity contribution >= 4 is 39.5 Å². The second kappa shape index (κ2) is 2.75. The van der Waals surface area contributed by atoms with E-state index in [1.54, 1.807) is 6.26 Å². The zero-order valence-electron chi connectivity index (χ0n) is 5.10. The van der Waals surface area contributed by atoms with Crippen LogP contribution >= 0.6 is 27.7 Å². The summed E-state index contributed by atoms with van der Waals surface area (Å²) in [6.07, 6.45) is 1.74. The van der Waals surface area contributed by atoms with Gasteiger partial charge in [0.2, 0.25) is 0 Å². The molecule has 0 unspecified atom stereocenters. The predicted octanol–water partition coefficient (Wildman–Crippen LogP) is 0.612. The number of rotatable bonds is 1. The Morgan fingerprint density at radius 2 is 2.00 bits per heavy atom. The van der Waals surface area contributed by atoms with Gasteiger partial charge in [0.25, 0.3) is 11.8 Å². The first-order chi connectivity index (χ1) is 4.66. The molecule has 0 aromatic heterocycles. The SMILES string of the molecule is CSC1=C(Br)C(=O)NC1=O. The molecule has 0 saturated heterocycles. The Labute approximate surface area is 70.4 Å². The van der Waals surface area contributed by atoms with Crippen LogP contribution in [0.1, 0.15) is 0 Å². The Morgan fingerprint density at radius 3 is 2.20 bits per heavy atom. The maximum absolute atomic E-state index is 10.8. The van der Waals surface area contributed by atoms with Crippen LogP contribution in [0.4, 0.5) is 0 Å². The van der Waals surface area contributed by atoms with Crippen molar-refractivity contribution < 1.29 is 9.59 Å². The molecule has 0 aliphatic carbocycles. The first-order valence-corrected chi connectivity index (χ1v) is 4.48. The lowest BCUT2D eigenvalue weighted by Crippen LogP contribution is -2.22. The van der Waals surface area contributed by atoms with Crippen LogP contribution in [0.2, 0.25) is 0 Å². The Hall–Kier alpha value is -0.290. The Kier molecular flexibility index (Phi) is 2.15. The topological polar surface area (TPSA) is 46.2 Å². The molecular weight excluding hydrogens is 218 g/mol. The van der Waals surface area contributed by atoms with Crippen molar-refractivity contribution in [2.45, 2.75) is 0 Å². The van der Waals surface area contributed by atoms with Crippen LogP contribution in [0.5, 0.6) is 0 Å². The second-order valence-electron chi connectivity index (χ2n) is 1.63. The fourth-order valence-electron chi connectivity index (χ4n) is 0.600. The van der Waals surface area contributed by atoms with Crippen molar-refractivity contribution in [1.29, 1.82) is 0 Å². The van der Waals surface area contributed by atoms with Gasteiger partial charge in [-0.25, -0.2) is 0 Å². The van der Waals surface area contributed by atoms with E-state index in [1.165, 1.54) is 11.8 Å². The van der Waals surface area contributed by atoms with Crippen LogP contribution in [0.25, 0.3) is 0 Å². The highest BCUT2D eigenvalue weighted by Crippen LogP contribution is 2.25. The van der Waals surface area contributed by atoms with E-state index in [9.17, 15) is 9.59 Å². The van der Waals surface area contributed by atoms with Gasteiger partial charge in [-0.3, -0.25) is 14.9 Å². The molecule has 1 rings (SSSR count). The molecule has 54 valence electrons. The number of thioether (sulfide) groups is 1. The summed E-state index contributed by atoms with van der Waals surface area (Å²) >= 11 is 4.25. The number of imide groups is 1.